The van der Waals surface area contributed by atoms with Gasteiger partial charge in [-0.3, -0.25) is 4.68 Å². The molecule has 1 fully saturated rings. The molecule has 1 unspecified atom stereocenters. The average molecular weight is 329 g/mol. The summed E-state index contributed by atoms with van der Waals surface area (Å²) in [6.07, 6.45) is 4.29. The Bertz CT molecular complexity index is 616. The van der Waals surface area contributed by atoms with Gasteiger partial charge >= 0.3 is 0 Å². The Morgan fingerprint density at radius 1 is 1.32 bits per heavy atom. The van der Waals surface area contributed by atoms with Crippen LogP contribution in [0.25, 0.3) is 0 Å². The van der Waals surface area contributed by atoms with Gasteiger partial charge in [0.1, 0.15) is 4.90 Å². The lowest BCUT2D eigenvalue weighted by atomic mass is 9.95. The standard InChI is InChI=1S/C15H27N3O3S/c1-11(19)10-18(14-8-6-5-7-9-14)22(20,21)15-12(2)16-17(4)13(15)3/h11,14,19H,5-10H2,1-4H3. The predicted octanol–water partition coefficient (Wildman–Crippen LogP) is 1.74. The summed E-state index contributed by atoms with van der Waals surface area (Å²) < 4.78 is 29.5. The first-order valence-corrected chi connectivity index (χ1v) is 9.39. The lowest BCUT2D eigenvalue weighted by Crippen LogP contribution is -2.45. The molecule has 1 aromatic rings. The molecule has 6 nitrogen and oxygen atoms in total. The number of aliphatic hydroxyl groups is 1. The number of aliphatic hydroxyl groups excluding tert-OH is 1. The van der Waals surface area contributed by atoms with Crippen LogP contribution in [-0.2, 0) is 17.1 Å². The van der Waals surface area contributed by atoms with Crippen molar-refractivity contribution in [2.24, 2.45) is 7.05 Å². The van der Waals surface area contributed by atoms with Crippen molar-refractivity contribution in [2.45, 2.75) is 69.9 Å². The van der Waals surface area contributed by atoms with Crippen molar-refractivity contribution in [3.63, 3.8) is 0 Å². The highest BCUT2D eigenvalue weighted by Crippen LogP contribution is 2.30. The molecule has 1 aromatic heterocycles. The van der Waals surface area contributed by atoms with E-state index < -0.39 is 16.1 Å². The van der Waals surface area contributed by atoms with E-state index in [1.165, 1.54) is 4.31 Å². The van der Waals surface area contributed by atoms with Gasteiger partial charge in [0, 0.05) is 19.6 Å². The van der Waals surface area contributed by atoms with Crippen LogP contribution >= 0.6 is 0 Å². The second-order valence-electron chi connectivity index (χ2n) is 6.34. The number of aryl methyl sites for hydroxylation is 2. The van der Waals surface area contributed by atoms with Crippen LogP contribution in [-0.4, -0.2) is 46.3 Å². The van der Waals surface area contributed by atoms with E-state index >= 15 is 0 Å². The Labute approximate surface area is 133 Å². The Kier molecular flexibility index (Phi) is 5.29. The summed E-state index contributed by atoms with van der Waals surface area (Å²) in [5, 5.41) is 14.0. The minimum absolute atomic E-state index is 0.0210. The molecular weight excluding hydrogens is 302 g/mol. The number of sulfonamides is 1. The van der Waals surface area contributed by atoms with E-state index in [2.05, 4.69) is 5.10 Å². The first kappa shape index (κ1) is 17.4. The maximum absolute atomic E-state index is 13.2. The minimum Gasteiger partial charge on any atom is -0.392 e. The monoisotopic (exact) mass is 329 g/mol. The normalized spacial score (nSPS) is 18.8. The molecule has 1 heterocycles. The van der Waals surface area contributed by atoms with Gasteiger partial charge in [-0.1, -0.05) is 19.3 Å². The summed E-state index contributed by atoms with van der Waals surface area (Å²) in [6, 6.07) is -0.0210. The SMILES string of the molecule is Cc1nn(C)c(C)c1S(=O)(=O)N(CC(C)O)C1CCCCC1. The second-order valence-corrected chi connectivity index (χ2v) is 8.17. The highest BCUT2D eigenvalue weighted by atomic mass is 32.2. The van der Waals surface area contributed by atoms with Crippen molar-refractivity contribution in [1.82, 2.24) is 14.1 Å². The fourth-order valence-corrected chi connectivity index (χ4v) is 5.49. The molecule has 0 spiro atoms. The summed E-state index contributed by atoms with van der Waals surface area (Å²) in [6.45, 7) is 5.27. The zero-order valence-electron chi connectivity index (χ0n) is 13.9. The highest BCUT2D eigenvalue weighted by molar-refractivity contribution is 7.89. The average Bonchev–Trinajstić information content (AvgIpc) is 2.70. The second kappa shape index (κ2) is 6.68. The maximum atomic E-state index is 13.2. The first-order chi connectivity index (χ1) is 10.2. The summed E-state index contributed by atoms with van der Waals surface area (Å²) in [7, 11) is -1.90. The van der Waals surface area contributed by atoms with Gasteiger partial charge in [0.25, 0.3) is 0 Å². The predicted molar refractivity (Wildman–Crippen MR) is 85.1 cm³/mol. The molecule has 0 saturated heterocycles. The lowest BCUT2D eigenvalue weighted by Gasteiger charge is -2.34. The van der Waals surface area contributed by atoms with Gasteiger partial charge in [-0.25, -0.2) is 8.42 Å². The molecule has 1 aliphatic carbocycles. The lowest BCUT2D eigenvalue weighted by molar-refractivity contribution is 0.136. The van der Waals surface area contributed by atoms with Crippen molar-refractivity contribution in [3.8, 4) is 0 Å². The molecule has 1 N–H and O–H groups in total. The largest absolute Gasteiger partial charge is 0.392 e. The van der Waals surface area contributed by atoms with Crippen molar-refractivity contribution >= 4 is 10.0 Å². The van der Waals surface area contributed by atoms with Gasteiger partial charge in [-0.2, -0.15) is 9.40 Å². The molecule has 0 aromatic carbocycles. The Hall–Kier alpha value is -0.920. The summed E-state index contributed by atoms with van der Waals surface area (Å²) in [5.74, 6) is 0. The number of aromatic nitrogens is 2. The fourth-order valence-electron chi connectivity index (χ4n) is 3.32. The third-order valence-electron chi connectivity index (χ3n) is 4.44. The molecular formula is C15H27N3O3S. The number of hydrogen-bond acceptors (Lipinski definition) is 4. The van der Waals surface area contributed by atoms with Crippen LogP contribution in [0.15, 0.2) is 4.90 Å². The van der Waals surface area contributed by atoms with Gasteiger partial charge in [0.05, 0.1) is 17.5 Å². The molecule has 7 heteroatoms. The molecule has 22 heavy (non-hydrogen) atoms. The third-order valence-corrected chi connectivity index (χ3v) is 6.61. The van der Waals surface area contributed by atoms with Crippen LogP contribution in [0.1, 0.15) is 50.4 Å². The minimum atomic E-state index is -3.65. The zero-order chi connectivity index (χ0) is 16.5. The van der Waals surface area contributed by atoms with Crippen molar-refractivity contribution in [2.75, 3.05) is 6.54 Å². The molecule has 2 rings (SSSR count). The molecule has 1 aliphatic rings. The van der Waals surface area contributed by atoms with E-state index in [0.717, 1.165) is 32.1 Å². The van der Waals surface area contributed by atoms with E-state index in [0.29, 0.717) is 16.3 Å². The van der Waals surface area contributed by atoms with Crippen LogP contribution in [0.4, 0.5) is 0 Å². The quantitative estimate of drug-likeness (QED) is 0.893. The van der Waals surface area contributed by atoms with E-state index in [9.17, 15) is 13.5 Å². The molecule has 1 atom stereocenters. The third kappa shape index (κ3) is 3.36. The smallest absolute Gasteiger partial charge is 0.247 e. The van der Waals surface area contributed by atoms with Gasteiger partial charge in [-0.05, 0) is 33.6 Å². The Balaban J connectivity index is 2.44. The van der Waals surface area contributed by atoms with E-state index in [-0.39, 0.29) is 12.6 Å². The fraction of sp³-hybridized carbons (Fsp3) is 0.800. The summed E-state index contributed by atoms with van der Waals surface area (Å²) in [4.78, 5) is 0.293. The highest BCUT2D eigenvalue weighted by Gasteiger charge is 2.36. The zero-order valence-corrected chi connectivity index (χ0v) is 14.7. The Morgan fingerprint density at radius 2 is 1.91 bits per heavy atom. The topological polar surface area (TPSA) is 75.4 Å². The molecule has 0 aliphatic heterocycles. The number of nitrogens with zero attached hydrogens (tertiary/aromatic N) is 3. The Morgan fingerprint density at radius 3 is 2.36 bits per heavy atom. The van der Waals surface area contributed by atoms with Gasteiger partial charge < -0.3 is 5.11 Å². The number of rotatable bonds is 5. The molecule has 0 radical (unpaired) electrons. The van der Waals surface area contributed by atoms with E-state index in [4.69, 9.17) is 0 Å². The van der Waals surface area contributed by atoms with Crippen LogP contribution in [0.5, 0.6) is 0 Å². The maximum Gasteiger partial charge on any atom is 0.247 e. The van der Waals surface area contributed by atoms with Gasteiger partial charge in [0.15, 0.2) is 0 Å². The molecule has 126 valence electrons. The summed E-state index contributed by atoms with van der Waals surface area (Å²) >= 11 is 0. The van der Waals surface area contributed by atoms with Crippen molar-refractivity contribution < 1.29 is 13.5 Å². The molecule has 1 saturated carbocycles. The van der Waals surface area contributed by atoms with E-state index in [1.54, 1.807) is 32.5 Å². The molecule has 0 amide bonds. The van der Waals surface area contributed by atoms with Gasteiger partial charge in [0.2, 0.25) is 10.0 Å². The first-order valence-electron chi connectivity index (χ1n) is 7.95. The van der Waals surface area contributed by atoms with Crippen molar-refractivity contribution in [1.29, 1.82) is 0 Å². The van der Waals surface area contributed by atoms with E-state index in [1.807, 2.05) is 0 Å². The van der Waals surface area contributed by atoms with Crippen LogP contribution < -0.4 is 0 Å². The van der Waals surface area contributed by atoms with Crippen molar-refractivity contribution in [3.05, 3.63) is 11.4 Å². The van der Waals surface area contributed by atoms with Crippen LogP contribution in [0, 0.1) is 13.8 Å². The van der Waals surface area contributed by atoms with Crippen LogP contribution in [0.2, 0.25) is 0 Å². The van der Waals surface area contributed by atoms with Crippen LogP contribution in [0.3, 0.4) is 0 Å². The summed E-state index contributed by atoms with van der Waals surface area (Å²) in [5.41, 5.74) is 1.16. The molecule has 0 bridgehead atoms. The number of hydrogen-bond donors (Lipinski definition) is 1. The van der Waals surface area contributed by atoms with Gasteiger partial charge in [-0.15, -0.1) is 0 Å².